The van der Waals surface area contributed by atoms with Crippen LogP contribution < -0.4 is 5.56 Å². The van der Waals surface area contributed by atoms with Crippen molar-refractivity contribution in [2.24, 2.45) is 11.8 Å². The molecule has 3 atom stereocenters. The Bertz CT molecular complexity index is 883. The lowest BCUT2D eigenvalue weighted by Gasteiger charge is -2.22. The Morgan fingerprint density at radius 3 is 2.46 bits per heavy atom. The number of H-pyrrole nitrogens is 1. The Kier molecular flexibility index (Phi) is 4.61. The Morgan fingerprint density at radius 2 is 1.85 bits per heavy atom. The van der Waals surface area contributed by atoms with Crippen molar-refractivity contribution in [3.05, 3.63) is 69.1 Å². The van der Waals surface area contributed by atoms with Crippen molar-refractivity contribution in [1.82, 2.24) is 4.98 Å². The lowest BCUT2D eigenvalue weighted by molar-refractivity contribution is 0.442. The van der Waals surface area contributed by atoms with Crippen LogP contribution in [0.1, 0.15) is 54.5 Å². The summed E-state index contributed by atoms with van der Waals surface area (Å²) in [5, 5.41) is 0. The third-order valence-electron chi connectivity index (χ3n) is 6.33. The lowest BCUT2D eigenvalue weighted by Crippen LogP contribution is -2.22. The highest BCUT2D eigenvalue weighted by Gasteiger charge is 2.60. The van der Waals surface area contributed by atoms with E-state index < -0.39 is 11.1 Å². The molecule has 2 N–H and O–H groups in total. The second-order valence-corrected chi connectivity index (χ2v) is 8.81. The molecule has 4 rings (SSSR count). The van der Waals surface area contributed by atoms with Crippen LogP contribution in [0.5, 0.6) is 0 Å². The molecule has 0 aliphatic heterocycles. The lowest BCUT2D eigenvalue weighted by atomic mass is 9.84. The molecule has 3 unspecified atom stereocenters. The average Bonchev–Trinajstić information content (AvgIpc) is 3.13. The highest BCUT2D eigenvalue weighted by atomic mass is 32.2. The van der Waals surface area contributed by atoms with E-state index in [0.29, 0.717) is 5.92 Å². The zero-order chi connectivity index (χ0) is 18.3. The molecule has 138 valence electrons. The van der Waals surface area contributed by atoms with Crippen LogP contribution in [0.4, 0.5) is 0 Å². The fourth-order valence-electron chi connectivity index (χ4n) is 4.86. The molecule has 2 aliphatic rings. The van der Waals surface area contributed by atoms with Gasteiger partial charge in [-0.3, -0.25) is 4.79 Å². The number of rotatable bonds is 5. The largest absolute Gasteiger partial charge is 0.325 e. The fraction of sp³-hybridized carbons (Fsp3) is 0.476. The van der Waals surface area contributed by atoms with Gasteiger partial charge in [0.25, 0.3) is 5.56 Å². The topological polar surface area (TPSA) is 70.2 Å². The Hall–Kier alpha value is -1.72. The first-order valence-corrected chi connectivity index (χ1v) is 10.7. The third-order valence-corrected chi connectivity index (χ3v) is 6.91. The molecule has 0 spiro atoms. The number of aryl methyl sites for hydroxylation is 1. The van der Waals surface area contributed by atoms with E-state index in [-0.39, 0.29) is 16.7 Å². The molecule has 2 aromatic rings. The van der Waals surface area contributed by atoms with Gasteiger partial charge >= 0.3 is 0 Å². The van der Waals surface area contributed by atoms with E-state index in [1.807, 2.05) is 25.1 Å². The number of aromatic amines is 1. The molecule has 2 saturated carbocycles. The van der Waals surface area contributed by atoms with Crippen LogP contribution in [-0.2, 0) is 22.2 Å². The maximum atomic E-state index is 12.2. The maximum Gasteiger partial charge on any atom is 0.251 e. The molecule has 2 aliphatic carbocycles. The van der Waals surface area contributed by atoms with Crippen molar-refractivity contribution in [3.8, 4) is 0 Å². The van der Waals surface area contributed by atoms with E-state index in [1.54, 1.807) is 0 Å². The van der Waals surface area contributed by atoms with Crippen molar-refractivity contribution in [1.29, 1.82) is 0 Å². The second kappa shape index (κ2) is 6.78. The molecule has 0 bridgehead atoms. The van der Waals surface area contributed by atoms with Crippen LogP contribution >= 0.6 is 0 Å². The number of pyridine rings is 1. The average molecular weight is 372 g/mol. The smallest absolute Gasteiger partial charge is 0.251 e. The molecular weight excluding hydrogens is 346 g/mol. The molecule has 5 heteroatoms. The number of benzene rings is 1. The summed E-state index contributed by atoms with van der Waals surface area (Å²) in [5.74, 6) is 1.45. The summed E-state index contributed by atoms with van der Waals surface area (Å²) >= 11 is -1.83. The van der Waals surface area contributed by atoms with Gasteiger partial charge in [-0.1, -0.05) is 56.0 Å². The van der Waals surface area contributed by atoms with Crippen LogP contribution in [0.2, 0.25) is 0 Å². The van der Waals surface area contributed by atoms with Gasteiger partial charge in [0.1, 0.15) is 0 Å². The summed E-state index contributed by atoms with van der Waals surface area (Å²) < 4.78 is 20.2. The number of hydrogen-bond donors (Lipinski definition) is 2. The van der Waals surface area contributed by atoms with Crippen molar-refractivity contribution in [2.45, 2.75) is 50.2 Å². The van der Waals surface area contributed by atoms with E-state index in [2.05, 4.69) is 23.2 Å². The zero-order valence-electron chi connectivity index (χ0n) is 15.0. The molecule has 26 heavy (non-hydrogen) atoms. The van der Waals surface area contributed by atoms with E-state index in [4.69, 9.17) is 4.55 Å². The van der Waals surface area contributed by atoms with Crippen molar-refractivity contribution >= 4 is 11.1 Å². The highest BCUT2D eigenvalue weighted by Crippen LogP contribution is 2.63. The number of aromatic nitrogens is 1. The maximum absolute atomic E-state index is 12.2. The van der Waals surface area contributed by atoms with Gasteiger partial charge in [0.05, 0.1) is 5.75 Å². The van der Waals surface area contributed by atoms with Gasteiger partial charge in [-0.15, -0.1) is 0 Å². The minimum atomic E-state index is -1.83. The second-order valence-electron chi connectivity index (χ2n) is 7.87. The minimum Gasteiger partial charge on any atom is -0.325 e. The molecule has 1 aromatic carbocycles. The molecule has 2 fully saturated rings. The molecule has 0 saturated heterocycles. The highest BCUT2D eigenvalue weighted by molar-refractivity contribution is 7.78. The summed E-state index contributed by atoms with van der Waals surface area (Å²) in [6, 6.07) is 12.0. The van der Waals surface area contributed by atoms with Gasteiger partial charge in [0.15, 0.2) is 11.1 Å². The van der Waals surface area contributed by atoms with Gasteiger partial charge < -0.3 is 9.54 Å². The molecular formula is C21H25NO3S. The quantitative estimate of drug-likeness (QED) is 0.783. The monoisotopic (exact) mass is 371 g/mol. The Labute approximate surface area is 156 Å². The first-order chi connectivity index (χ1) is 12.5. The molecule has 4 nitrogen and oxygen atoms in total. The minimum absolute atomic E-state index is 0.00811. The van der Waals surface area contributed by atoms with Crippen LogP contribution in [0.25, 0.3) is 0 Å². The van der Waals surface area contributed by atoms with Crippen LogP contribution in [0, 0.1) is 18.8 Å². The molecule has 1 heterocycles. The summed E-state index contributed by atoms with van der Waals surface area (Å²) in [6.45, 7) is 1.83. The van der Waals surface area contributed by atoms with Gasteiger partial charge in [-0.05, 0) is 42.4 Å². The molecule has 0 radical (unpaired) electrons. The summed E-state index contributed by atoms with van der Waals surface area (Å²) in [5.41, 5.74) is 3.71. The zero-order valence-corrected chi connectivity index (χ0v) is 15.8. The first kappa shape index (κ1) is 17.7. The first-order valence-electron chi connectivity index (χ1n) is 9.38. The van der Waals surface area contributed by atoms with Gasteiger partial charge in [-0.2, -0.15) is 0 Å². The predicted molar refractivity (Wildman–Crippen MR) is 104 cm³/mol. The van der Waals surface area contributed by atoms with E-state index in [9.17, 15) is 9.00 Å². The van der Waals surface area contributed by atoms with E-state index in [0.717, 1.165) is 29.2 Å². The normalized spacial score (nSPS) is 26.8. The Morgan fingerprint density at radius 1 is 1.15 bits per heavy atom. The number of nitrogens with one attached hydrogen (secondary N) is 1. The fourth-order valence-corrected chi connectivity index (χ4v) is 5.34. The Balaban J connectivity index is 1.73. The summed E-state index contributed by atoms with van der Waals surface area (Å²) in [7, 11) is 0. The van der Waals surface area contributed by atoms with E-state index >= 15 is 0 Å². The SMILES string of the molecule is Cc1ccc(C2(c3ccc(CS(=O)O)cc3)CC2C2CCCC2)[nH]c1=O. The third kappa shape index (κ3) is 3.08. The van der Waals surface area contributed by atoms with Gasteiger partial charge in [-0.25, -0.2) is 4.21 Å². The van der Waals surface area contributed by atoms with Crippen molar-refractivity contribution < 1.29 is 8.76 Å². The molecule has 1 aromatic heterocycles. The summed E-state index contributed by atoms with van der Waals surface area (Å²) in [6.07, 6.45) is 6.25. The standard InChI is InChI=1S/C21H25NO3S/c1-14-6-11-19(22-20(14)23)21(12-18(21)16-4-2-3-5-16)17-9-7-15(8-10-17)13-26(24)25/h6-11,16,18H,2-5,12-13H2,1H3,(H,22,23)(H,24,25). The number of hydrogen-bond acceptors (Lipinski definition) is 2. The molecule has 0 amide bonds. The predicted octanol–water partition coefficient (Wildman–Crippen LogP) is 3.90. The van der Waals surface area contributed by atoms with Crippen LogP contribution in [0.3, 0.4) is 0 Å². The van der Waals surface area contributed by atoms with Gasteiger partial charge in [0.2, 0.25) is 0 Å². The van der Waals surface area contributed by atoms with Crippen molar-refractivity contribution in [2.75, 3.05) is 0 Å². The van der Waals surface area contributed by atoms with Gasteiger partial charge in [0, 0.05) is 16.7 Å². The van der Waals surface area contributed by atoms with Crippen LogP contribution in [0.15, 0.2) is 41.2 Å². The van der Waals surface area contributed by atoms with Crippen molar-refractivity contribution in [3.63, 3.8) is 0 Å². The van der Waals surface area contributed by atoms with Crippen LogP contribution in [-0.4, -0.2) is 13.7 Å². The summed E-state index contributed by atoms with van der Waals surface area (Å²) in [4.78, 5) is 15.4. The van der Waals surface area contributed by atoms with E-state index in [1.165, 1.54) is 31.2 Å².